The van der Waals surface area contributed by atoms with Crippen molar-refractivity contribution in [3.05, 3.63) is 21.9 Å². The van der Waals surface area contributed by atoms with Crippen LogP contribution in [0.15, 0.2) is 11.4 Å². The zero-order valence-electron chi connectivity index (χ0n) is 13.6. The van der Waals surface area contributed by atoms with Crippen LogP contribution >= 0.6 is 11.3 Å². The van der Waals surface area contributed by atoms with Gasteiger partial charge in [-0.05, 0) is 55.3 Å². The lowest BCUT2D eigenvalue weighted by Crippen LogP contribution is -2.36. The number of esters is 1. The molecule has 1 saturated heterocycles. The van der Waals surface area contributed by atoms with Crippen LogP contribution in [0.5, 0.6) is 0 Å². The number of carbonyl (C=O) groups is 1. The summed E-state index contributed by atoms with van der Waals surface area (Å²) in [6, 6.07) is 2.34. The molecule has 1 aliphatic heterocycles. The van der Waals surface area contributed by atoms with E-state index in [4.69, 9.17) is 4.74 Å². The third-order valence-electron chi connectivity index (χ3n) is 4.11. The Kier molecular flexibility index (Phi) is 5.44. The summed E-state index contributed by atoms with van der Waals surface area (Å²) in [4.78, 5) is 15.6. The molecule has 0 radical (unpaired) electrons. The van der Waals surface area contributed by atoms with Crippen LogP contribution in [0.4, 0.5) is 0 Å². The molecule has 4 heteroatoms. The van der Waals surface area contributed by atoms with E-state index in [1.165, 1.54) is 10.4 Å². The van der Waals surface area contributed by atoms with Crippen LogP contribution in [-0.4, -0.2) is 30.6 Å². The van der Waals surface area contributed by atoms with E-state index in [1.807, 2.05) is 18.3 Å². The Labute approximate surface area is 132 Å². The summed E-state index contributed by atoms with van der Waals surface area (Å²) in [5.74, 6) is 0.0953. The Balaban J connectivity index is 1.83. The summed E-state index contributed by atoms with van der Waals surface area (Å²) in [6.45, 7) is 12.1. The van der Waals surface area contributed by atoms with Crippen molar-refractivity contribution >= 4 is 17.3 Å². The Bertz CT molecular complexity index is 467. The maximum atomic E-state index is 11.7. The van der Waals surface area contributed by atoms with Crippen molar-refractivity contribution in [1.29, 1.82) is 0 Å². The average Bonchev–Trinajstić information content (AvgIpc) is 2.88. The van der Waals surface area contributed by atoms with Gasteiger partial charge in [-0.3, -0.25) is 9.69 Å². The summed E-state index contributed by atoms with van der Waals surface area (Å²) >= 11 is 1.85. The third kappa shape index (κ3) is 4.55. The first kappa shape index (κ1) is 16.5. The van der Waals surface area contributed by atoms with Gasteiger partial charge in [-0.25, -0.2) is 0 Å². The first-order valence-corrected chi connectivity index (χ1v) is 8.75. The number of nitrogens with zero attached hydrogens (tertiary/aromatic N) is 1. The van der Waals surface area contributed by atoms with Crippen LogP contribution in [0.2, 0.25) is 0 Å². The molecule has 0 unspecified atom stereocenters. The van der Waals surface area contributed by atoms with Crippen LogP contribution in [0.3, 0.4) is 0 Å². The monoisotopic (exact) mass is 309 g/mol. The highest BCUT2D eigenvalue weighted by atomic mass is 32.1. The smallest absolute Gasteiger partial charge is 0.309 e. The van der Waals surface area contributed by atoms with Gasteiger partial charge in [-0.1, -0.05) is 20.8 Å². The molecule has 1 aliphatic rings. The van der Waals surface area contributed by atoms with Gasteiger partial charge in [0.25, 0.3) is 0 Å². The van der Waals surface area contributed by atoms with E-state index in [1.54, 1.807) is 0 Å². The maximum Gasteiger partial charge on any atom is 0.309 e. The molecular weight excluding hydrogens is 282 g/mol. The molecule has 0 bridgehead atoms. The Hall–Kier alpha value is -0.870. The Morgan fingerprint density at radius 3 is 2.57 bits per heavy atom. The number of thiophene rings is 1. The molecule has 0 aliphatic carbocycles. The van der Waals surface area contributed by atoms with E-state index in [2.05, 4.69) is 37.1 Å². The normalized spacial score (nSPS) is 17.9. The number of hydrogen-bond donors (Lipinski definition) is 0. The van der Waals surface area contributed by atoms with E-state index in [9.17, 15) is 4.79 Å². The first-order chi connectivity index (χ1) is 9.90. The molecule has 118 valence electrons. The Morgan fingerprint density at radius 2 is 2.05 bits per heavy atom. The average molecular weight is 309 g/mol. The van der Waals surface area contributed by atoms with Crippen LogP contribution in [0, 0.1) is 5.92 Å². The molecule has 1 fully saturated rings. The van der Waals surface area contributed by atoms with Gasteiger partial charge in [0, 0.05) is 11.4 Å². The minimum absolute atomic E-state index is 0.0108. The molecule has 0 amide bonds. The van der Waals surface area contributed by atoms with Gasteiger partial charge >= 0.3 is 5.97 Å². The minimum Gasteiger partial charge on any atom is -0.466 e. The van der Waals surface area contributed by atoms with E-state index < -0.39 is 0 Å². The second-order valence-corrected chi connectivity index (χ2v) is 7.85. The fraction of sp³-hybridized carbons (Fsp3) is 0.706. The van der Waals surface area contributed by atoms with Gasteiger partial charge < -0.3 is 4.74 Å². The molecule has 21 heavy (non-hydrogen) atoms. The van der Waals surface area contributed by atoms with Gasteiger partial charge in [0.15, 0.2) is 0 Å². The van der Waals surface area contributed by atoms with Crippen molar-refractivity contribution in [1.82, 2.24) is 4.90 Å². The fourth-order valence-electron chi connectivity index (χ4n) is 2.66. The standard InChI is InChI=1S/C17H27NO2S/c1-5-20-16(19)13-6-8-18(9-7-13)11-15-10-14(12-21-15)17(2,3)4/h10,12-13H,5-9,11H2,1-4H3. The molecule has 0 atom stereocenters. The van der Waals surface area contributed by atoms with Crippen LogP contribution < -0.4 is 0 Å². The molecule has 2 rings (SSSR count). The molecule has 3 nitrogen and oxygen atoms in total. The molecule has 1 aromatic heterocycles. The van der Waals surface area contributed by atoms with Crippen molar-refractivity contribution in [2.24, 2.45) is 5.92 Å². The van der Waals surface area contributed by atoms with Crippen molar-refractivity contribution in [2.45, 2.75) is 52.5 Å². The zero-order valence-corrected chi connectivity index (χ0v) is 14.5. The predicted octanol–water partition coefficient (Wildman–Crippen LogP) is 3.82. The SMILES string of the molecule is CCOC(=O)C1CCN(Cc2cc(C(C)(C)C)cs2)CC1. The predicted molar refractivity (Wildman–Crippen MR) is 87.7 cm³/mol. The van der Waals surface area contributed by atoms with Gasteiger partial charge in [-0.2, -0.15) is 0 Å². The maximum absolute atomic E-state index is 11.7. The molecule has 0 aromatic carbocycles. The summed E-state index contributed by atoms with van der Waals surface area (Å²) in [7, 11) is 0. The highest BCUT2D eigenvalue weighted by molar-refractivity contribution is 7.10. The lowest BCUT2D eigenvalue weighted by molar-refractivity contribution is -0.149. The van der Waals surface area contributed by atoms with Crippen molar-refractivity contribution in [3.63, 3.8) is 0 Å². The van der Waals surface area contributed by atoms with Crippen LogP contribution in [0.25, 0.3) is 0 Å². The number of carbonyl (C=O) groups excluding carboxylic acids is 1. The first-order valence-electron chi connectivity index (χ1n) is 7.87. The summed E-state index contributed by atoms with van der Waals surface area (Å²) in [6.07, 6.45) is 1.85. The zero-order chi connectivity index (χ0) is 15.5. The highest BCUT2D eigenvalue weighted by Gasteiger charge is 2.26. The fourth-order valence-corrected chi connectivity index (χ4v) is 3.82. The number of piperidine rings is 1. The largest absolute Gasteiger partial charge is 0.466 e. The summed E-state index contributed by atoms with van der Waals surface area (Å²) in [5.41, 5.74) is 1.65. The highest BCUT2D eigenvalue weighted by Crippen LogP contribution is 2.29. The third-order valence-corrected chi connectivity index (χ3v) is 5.03. The lowest BCUT2D eigenvalue weighted by Gasteiger charge is -2.30. The molecule has 1 aromatic rings. The topological polar surface area (TPSA) is 29.5 Å². The van der Waals surface area contributed by atoms with E-state index in [0.717, 1.165) is 32.5 Å². The summed E-state index contributed by atoms with van der Waals surface area (Å²) in [5, 5.41) is 2.28. The quantitative estimate of drug-likeness (QED) is 0.792. The Morgan fingerprint density at radius 1 is 1.38 bits per heavy atom. The second kappa shape index (κ2) is 6.93. The summed E-state index contributed by atoms with van der Waals surface area (Å²) < 4.78 is 5.12. The van der Waals surface area contributed by atoms with Crippen molar-refractivity contribution in [3.8, 4) is 0 Å². The van der Waals surface area contributed by atoms with Crippen molar-refractivity contribution in [2.75, 3.05) is 19.7 Å². The molecule has 0 spiro atoms. The van der Waals surface area contributed by atoms with E-state index in [0.29, 0.717) is 6.61 Å². The van der Waals surface area contributed by atoms with E-state index in [-0.39, 0.29) is 17.3 Å². The molecule has 0 saturated carbocycles. The number of ether oxygens (including phenoxy) is 1. The van der Waals surface area contributed by atoms with Crippen LogP contribution in [0.1, 0.15) is 51.0 Å². The van der Waals surface area contributed by atoms with E-state index >= 15 is 0 Å². The van der Waals surface area contributed by atoms with Gasteiger partial charge in [0.1, 0.15) is 0 Å². The van der Waals surface area contributed by atoms with Gasteiger partial charge in [0.05, 0.1) is 12.5 Å². The molecule has 0 N–H and O–H groups in total. The molecular formula is C17H27NO2S. The number of rotatable bonds is 4. The number of hydrogen-bond acceptors (Lipinski definition) is 4. The van der Waals surface area contributed by atoms with Gasteiger partial charge in [-0.15, -0.1) is 11.3 Å². The lowest BCUT2D eigenvalue weighted by atomic mass is 9.89. The molecule has 2 heterocycles. The van der Waals surface area contributed by atoms with Crippen LogP contribution in [-0.2, 0) is 21.5 Å². The minimum atomic E-state index is -0.0108. The second-order valence-electron chi connectivity index (χ2n) is 6.85. The van der Waals surface area contributed by atoms with Crippen molar-refractivity contribution < 1.29 is 9.53 Å². The van der Waals surface area contributed by atoms with Gasteiger partial charge in [0.2, 0.25) is 0 Å². The number of likely N-dealkylation sites (tertiary alicyclic amines) is 1.